The molecular weight excluding hydrogens is 420 g/mol. The molecule has 0 spiro atoms. The molecule has 2 atom stereocenters. The van der Waals surface area contributed by atoms with Crippen molar-refractivity contribution in [2.75, 3.05) is 24.5 Å². The molecule has 0 saturated carbocycles. The predicted octanol–water partition coefficient (Wildman–Crippen LogP) is 0.721. The molecule has 3 N–H and O–H groups in total. The smallest absolute Gasteiger partial charge is 0.284 e. The molecular formula is C23H26N8O2. The van der Waals surface area contributed by atoms with Crippen molar-refractivity contribution < 1.29 is 4.79 Å². The van der Waals surface area contributed by atoms with E-state index in [1.165, 1.54) is 4.68 Å². The first-order valence-corrected chi connectivity index (χ1v) is 10.9. The average molecular weight is 447 g/mol. The quantitative estimate of drug-likeness (QED) is 0.467. The highest BCUT2D eigenvalue weighted by Crippen LogP contribution is 2.23. The number of hydrogen-bond acceptors (Lipinski definition) is 6. The molecule has 5 rings (SSSR count). The van der Waals surface area contributed by atoms with Crippen molar-refractivity contribution in [3.8, 4) is 5.69 Å². The van der Waals surface area contributed by atoms with Gasteiger partial charge in [0.15, 0.2) is 5.65 Å². The minimum Gasteiger partial charge on any atom is -0.353 e. The molecule has 1 aliphatic heterocycles. The van der Waals surface area contributed by atoms with Crippen LogP contribution in [0.4, 0.5) is 5.82 Å². The zero-order chi connectivity index (χ0) is 23.1. The number of anilines is 1. The van der Waals surface area contributed by atoms with Gasteiger partial charge in [-0.25, -0.2) is 14.2 Å². The molecule has 33 heavy (non-hydrogen) atoms. The van der Waals surface area contributed by atoms with Crippen molar-refractivity contribution in [1.29, 1.82) is 0 Å². The van der Waals surface area contributed by atoms with Gasteiger partial charge in [-0.2, -0.15) is 0 Å². The van der Waals surface area contributed by atoms with Crippen LogP contribution in [-0.2, 0) is 7.05 Å². The molecule has 3 aromatic heterocycles. The van der Waals surface area contributed by atoms with Crippen molar-refractivity contribution >= 4 is 17.4 Å². The predicted molar refractivity (Wildman–Crippen MR) is 125 cm³/mol. The molecule has 2 unspecified atom stereocenters. The molecule has 0 aliphatic carbocycles. The van der Waals surface area contributed by atoms with E-state index in [9.17, 15) is 9.59 Å². The van der Waals surface area contributed by atoms with Crippen LogP contribution in [0.2, 0.25) is 0 Å². The van der Waals surface area contributed by atoms with Crippen molar-refractivity contribution in [3.63, 3.8) is 0 Å². The topological polar surface area (TPSA) is 115 Å². The number of nitrogens with two attached hydrogens (primary N) is 1. The van der Waals surface area contributed by atoms with E-state index in [4.69, 9.17) is 5.73 Å². The van der Waals surface area contributed by atoms with Gasteiger partial charge in [0, 0.05) is 38.4 Å². The van der Waals surface area contributed by atoms with Crippen LogP contribution in [0.3, 0.4) is 0 Å². The summed E-state index contributed by atoms with van der Waals surface area (Å²) in [6.07, 6.45) is 3.50. The summed E-state index contributed by atoms with van der Waals surface area (Å²) in [5.74, 6) is 0.443. The first-order valence-electron chi connectivity index (χ1n) is 10.9. The largest absolute Gasteiger partial charge is 0.353 e. The lowest BCUT2D eigenvalue weighted by Gasteiger charge is -2.18. The molecule has 0 bridgehead atoms. The Morgan fingerprint density at radius 3 is 2.73 bits per heavy atom. The van der Waals surface area contributed by atoms with E-state index in [0.717, 1.165) is 11.5 Å². The normalized spacial score (nSPS) is 18.2. The van der Waals surface area contributed by atoms with E-state index >= 15 is 0 Å². The number of benzene rings is 1. The molecule has 10 nitrogen and oxygen atoms in total. The number of aromatic nitrogens is 5. The number of carbonyl (C=O) groups excluding carboxylic acids is 1. The van der Waals surface area contributed by atoms with Crippen LogP contribution in [0.5, 0.6) is 0 Å². The minimum absolute atomic E-state index is 0.0367. The summed E-state index contributed by atoms with van der Waals surface area (Å²) in [5, 5.41) is 7.67. The summed E-state index contributed by atoms with van der Waals surface area (Å²) < 4.78 is 4.94. The Hall–Kier alpha value is -3.92. The molecule has 170 valence electrons. The molecule has 1 aliphatic rings. The number of amides is 1. The third-order valence-corrected chi connectivity index (χ3v) is 6.41. The standard InChI is InChI=1S/C23H26N8O2/c1-15-21(23(33)31(28(15)2)17-6-4-3-5-7-17)22(32)26-18-14-29(13-16(18)12-24)20-9-8-19-25-10-11-30(19)27-20/h3-11,16,18H,12-14,24H2,1-2H3,(H,26,32). The number of imidazole rings is 1. The fourth-order valence-electron chi connectivity index (χ4n) is 4.50. The molecule has 0 radical (unpaired) electrons. The van der Waals surface area contributed by atoms with Gasteiger partial charge in [-0.15, -0.1) is 5.10 Å². The van der Waals surface area contributed by atoms with Crippen LogP contribution in [-0.4, -0.2) is 55.5 Å². The van der Waals surface area contributed by atoms with Gasteiger partial charge in [-0.1, -0.05) is 18.2 Å². The van der Waals surface area contributed by atoms with E-state index < -0.39 is 0 Å². The number of fused-ring (bicyclic) bond motifs is 1. The number of rotatable bonds is 5. The maximum Gasteiger partial charge on any atom is 0.284 e. The van der Waals surface area contributed by atoms with Gasteiger partial charge in [0.2, 0.25) is 0 Å². The van der Waals surface area contributed by atoms with Crippen LogP contribution in [0.25, 0.3) is 11.3 Å². The Kier molecular flexibility index (Phi) is 5.21. The Morgan fingerprint density at radius 1 is 1.18 bits per heavy atom. The Morgan fingerprint density at radius 2 is 1.97 bits per heavy atom. The first kappa shape index (κ1) is 21.0. The highest BCUT2D eigenvalue weighted by atomic mass is 16.2. The second-order valence-electron chi connectivity index (χ2n) is 8.34. The molecule has 10 heteroatoms. The van der Waals surface area contributed by atoms with Crippen molar-refractivity contribution in [2.45, 2.75) is 13.0 Å². The molecule has 4 heterocycles. The summed E-state index contributed by atoms with van der Waals surface area (Å²) in [6.45, 7) is 3.41. The van der Waals surface area contributed by atoms with E-state index in [1.54, 1.807) is 35.6 Å². The number of hydrogen-bond donors (Lipinski definition) is 2. The number of carbonyl (C=O) groups is 1. The van der Waals surface area contributed by atoms with Crippen LogP contribution in [0, 0.1) is 12.8 Å². The second kappa shape index (κ2) is 8.21. The zero-order valence-corrected chi connectivity index (χ0v) is 18.5. The molecule has 4 aromatic rings. The molecule has 1 saturated heterocycles. The van der Waals surface area contributed by atoms with Gasteiger partial charge in [0.1, 0.15) is 11.4 Å². The van der Waals surface area contributed by atoms with Gasteiger partial charge in [-0.05, 0) is 37.7 Å². The minimum atomic E-state index is -0.383. The highest BCUT2D eigenvalue weighted by Gasteiger charge is 2.35. The van der Waals surface area contributed by atoms with Crippen LogP contribution in [0.15, 0.2) is 59.7 Å². The van der Waals surface area contributed by atoms with Crippen LogP contribution < -0.4 is 21.5 Å². The fourth-order valence-corrected chi connectivity index (χ4v) is 4.50. The van der Waals surface area contributed by atoms with E-state index in [2.05, 4.69) is 20.3 Å². The Bertz CT molecular complexity index is 1370. The lowest BCUT2D eigenvalue weighted by Crippen LogP contribution is -2.44. The number of nitrogens with one attached hydrogen (secondary N) is 1. The number of nitrogens with zero attached hydrogens (tertiary/aromatic N) is 6. The van der Waals surface area contributed by atoms with Crippen molar-refractivity contribution in [2.24, 2.45) is 18.7 Å². The van der Waals surface area contributed by atoms with E-state index in [1.807, 2.05) is 42.5 Å². The van der Waals surface area contributed by atoms with Gasteiger partial charge in [0.05, 0.1) is 17.4 Å². The van der Waals surface area contributed by atoms with Gasteiger partial charge < -0.3 is 16.0 Å². The SMILES string of the molecule is Cc1c(C(=O)NC2CN(c3ccc4nccn4n3)CC2CN)c(=O)n(-c2ccccc2)n1C. The third-order valence-electron chi connectivity index (χ3n) is 6.41. The van der Waals surface area contributed by atoms with Crippen LogP contribution in [0.1, 0.15) is 16.1 Å². The van der Waals surface area contributed by atoms with Crippen molar-refractivity contribution in [3.05, 3.63) is 76.5 Å². The summed E-state index contributed by atoms with van der Waals surface area (Å²) in [5.41, 5.74) is 7.92. The Balaban J connectivity index is 1.40. The lowest BCUT2D eigenvalue weighted by molar-refractivity contribution is 0.0930. The highest BCUT2D eigenvalue weighted by molar-refractivity contribution is 5.95. The van der Waals surface area contributed by atoms with Gasteiger partial charge in [-0.3, -0.25) is 14.3 Å². The summed E-state index contributed by atoms with van der Waals surface area (Å²) >= 11 is 0. The van der Waals surface area contributed by atoms with Crippen molar-refractivity contribution in [1.82, 2.24) is 29.3 Å². The zero-order valence-electron chi connectivity index (χ0n) is 18.5. The van der Waals surface area contributed by atoms with Crippen LogP contribution >= 0.6 is 0 Å². The molecule has 1 amide bonds. The monoisotopic (exact) mass is 446 g/mol. The maximum atomic E-state index is 13.3. The van der Waals surface area contributed by atoms with E-state index in [-0.39, 0.29) is 29.0 Å². The average Bonchev–Trinajstić information content (AvgIpc) is 3.50. The lowest BCUT2D eigenvalue weighted by atomic mass is 10.0. The summed E-state index contributed by atoms with van der Waals surface area (Å²) in [4.78, 5) is 32.8. The number of para-hydroxylation sites is 1. The second-order valence-corrected chi connectivity index (χ2v) is 8.34. The summed E-state index contributed by atoms with van der Waals surface area (Å²) in [6, 6.07) is 12.9. The van der Waals surface area contributed by atoms with Gasteiger partial charge >= 0.3 is 0 Å². The molecule has 1 fully saturated rings. The first-order chi connectivity index (χ1) is 16.0. The third kappa shape index (κ3) is 3.58. The van der Waals surface area contributed by atoms with E-state index in [0.29, 0.717) is 31.0 Å². The maximum absolute atomic E-state index is 13.3. The fraction of sp³-hybridized carbons (Fsp3) is 0.304. The Labute approximate surface area is 190 Å². The van der Waals surface area contributed by atoms with Gasteiger partial charge in [0.25, 0.3) is 11.5 Å². The summed E-state index contributed by atoms with van der Waals surface area (Å²) in [7, 11) is 1.78. The molecule has 1 aromatic carbocycles.